The molecule has 1 aromatic carbocycles. The monoisotopic (exact) mass is 238 g/mol. The highest BCUT2D eigenvalue weighted by atomic mass is 16.5. The van der Waals surface area contributed by atoms with E-state index in [2.05, 4.69) is 6.58 Å². The van der Waals surface area contributed by atoms with Gasteiger partial charge in [0, 0.05) is 7.11 Å². The lowest BCUT2D eigenvalue weighted by atomic mass is 9.88. The van der Waals surface area contributed by atoms with Crippen LogP contribution in [-0.4, -0.2) is 19.2 Å². The molecule has 0 aliphatic heterocycles. The van der Waals surface area contributed by atoms with Crippen molar-refractivity contribution in [3.8, 4) is 0 Å². The highest BCUT2D eigenvalue weighted by Crippen LogP contribution is 2.31. The first-order valence-corrected chi connectivity index (χ1v) is 5.70. The van der Waals surface area contributed by atoms with Gasteiger partial charge in [-0.05, 0) is 16.7 Å². The second kappa shape index (κ2) is 5.46. The fraction of sp³-hybridized carbons (Fsp3) is 0.125. The Kier molecular flexibility index (Phi) is 3.73. The van der Waals surface area contributed by atoms with Gasteiger partial charge in [0.1, 0.15) is 12.0 Å². The van der Waals surface area contributed by atoms with Crippen molar-refractivity contribution >= 4 is 17.6 Å². The summed E-state index contributed by atoms with van der Waals surface area (Å²) in [6, 6.07) is 7.81. The zero-order valence-corrected chi connectivity index (χ0v) is 10.2. The van der Waals surface area contributed by atoms with Crippen LogP contribution in [0.2, 0.25) is 0 Å². The lowest BCUT2D eigenvalue weighted by molar-refractivity contribution is 0.172. The molecule has 1 unspecified atom stereocenters. The molecule has 0 spiro atoms. The third-order valence-electron chi connectivity index (χ3n) is 2.96. The van der Waals surface area contributed by atoms with Crippen molar-refractivity contribution < 1.29 is 9.53 Å². The Labute approximate surface area is 107 Å². The van der Waals surface area contributed by atoms with Gasteiger partial charge in [-0.15, -0.1) is 0 Å². The Morgan fingerprint density at radius 3 is 2.83 bits per heavy atom. The van der Waals surface area contributed by atoms with Crippen LogP contribution in [0.25, 0.3) is 11.6 Å². The van der Waals surface area contributed by atoms with Crippen molar-refractivity contribution in [1.29, 1.82) is 0 Å². The van der Waals surface area contributed by atoms with E-state index in [-0.39, 0.29) is 6.10 Å². The second-order valence-corrected chi connectivity index (χ2v) is 3.93. The van der Waals surface area contributed by atoms with E-state index in [0.29, 0.717) is 5.57 Å². The third kappa shape index (κ3) is 2.12. The minimum atomic E-state index is -0.333. The van der Waals surface area contributed by atoms with E-state index in [1.165, 1.54) is 0 Å². The van der Waals surface area contributed by atoms with E-state index >= 15 is 0 Å². The SMILES string of the molecule is C=Cc1ccccc1C1=CC=CC(OC)C1=C=O. The quantitative estimate of drug-likeness (QED) is 0.756. The predicted octanol–water partition coefficient (Wildman–Crippen LogP) is 3.06. The molecule has 0 amide bonds. The highest BCUT2D eigenvalue weighted by Gasteiger charge is 2.21. The van der Waals surface area contributed by atoms with Gasteiger partial charge >= 0.3 is 0 Å². The topological polar surface area (TPSA) is 26.3 Å². The summed E-state index contributed by atoms with van der Waals surface area (Å²) in [7, 11) is 1.58. The molecule has 1 aliphatic rings. The van der Waals surface area contributed by atoms with Crippen molar-refractivity contribution in [1.82, 2.24) is 0 Å². The van der Waals surface area contributed by atoms with Gasteiger partial charge in [-0.2, -0.15) is 0 Å². The standard InChI is InChI=1S/C16H14O2/c1-3-12-7-4-5-8-13(12)14-9-6-10-16(18-2)15(14)11-17/h3-10,16H,1H2,2H3. The predicted molar refractivity (Wildman–Crippen MR) is 73.7 cm³/mol. The van der Waals surface area contributed by atoms with Gasteiger partial charge in [-0.1, -0.05) is 55.1 Å². The van der Waals surface area contributed by atoms with Crippen LogP contribution in [0.5, 0.6) is 0 Å². The number of rotatable bonds is 3. The van der Waals surface area contributed by atoms with E-state index in [1.807, 2.05) is 48.4 Å². The maximum atomic E-state index is 11.2. The minimum Gasteiger partial charge on any atom is -0.372 e. The zero-order chi connectivity index (χ0) is 13.0. The van der Waals surface area contributed by atoms with Gasteiger partial charge < -0.3 is 4.74 Å². The van der Waals surface area contributed by atoms with E-state index < -0.39 is 0 Å². The molecular formula is C16H14O2. The molecule has 2 nitrogen and oxygen atoms in total. The van der Waals surface area contributed by atoms with Crippen LogP contribution in [0.15, 0.2) is 54.6 Å². The van der Waals surface area contributed by atoms with Crippen molar-refractivity contribution in [2.45, 2.75) is 6.10 Å². The minimum absolute atomic E-state index is 0.333. The van der Waals surface area contributed by atoms with Gasteiger partial charge in [0.05, 0.1) is 5.57 Å². The maximum absolute atomic E-state index is 11.2. The van der Waals surface area contributed by atoms with Crippen LogP contribution in [-0.2, 0) is 9.53 Å². The molecule has 1 aromatic rings. The summed E-state index contributed by atoms with van der Waals surface area (Å²) < 4.78 is 5.27. The van der Waals surface area contributed by atoms with Gasteiger partial charge in [0.15, 0.2) is 0 Å². The molecule has 0 N–H and O–H groups in total. The van der Waals surface area contributed by atoms with Crippen LogP contribution in [0.4, 0.5) is 0 Å². The fourth-order valence-electron chi connectivity index (χ4n) is 2.06. The first-order valence-electron chi connectivity index (χ1n) is 5.70. The number of methoxy groups -OCH3 is 1. The summed E-state index contributed by atoms with van der Waals surface area (Å²) in [6.07, 6.45) is 7.07. The van der Waals surface area contributed by atoms with Gasteiger partial charge in [0.2, 0.25) is 0 Å². The Hall–Kier alpha value is -2.15. The molecule has 2 heteroatoms. The molecule has 90 valence electrons. The molecule has 0 saturated heterocycles. The number of allylic oxidation sites excluding steroid dienone is 2. The molecule has 0 radical (unpaired) electrons. The van der Waals surface area contributed by atoms with Crippen LogP contribution in [0, 0.1) is 0 Å². The summed E-state index contributed by atoms with van der Waals surface area (Å²) in [5.41, 5.74) is 3.32. The molecule has 0 saturated carbocycles. The lowest BCUT2D eigenvalue weighted by Crippen LogP contribution is -2.15. The van der Waals surface area contributed by atoms with Crippen LogP contribution in [0.1, 0.15) is 11.1 Å². The van der Waals surface area contributed by atoms with Crippen molar-refractivity contribution in [2.24, 2.45) is 0 Å². The van der Waals surface area contributed by atoms with Gasteiger partial charge in [-0.3, -0.25) is 0 Å². The van der Waals surface area contributed by atoms with Crippen LogP contribution in [0.3, 0.4) is 0 Å². The van der Waals surface area contributed by atoms with Crippen molar-refractivity contribution in [2.75, 3.05) is 7.11 Å². The molecule has 1 aliphatic carbocycles. The Morgan fingerprint density at radius 2 is 2.17 bits per heavy atom. The number of ether oxygens (including phenoxy) is 1. The first kappa shape index (κ1) is 12.3. The number of hydrogen-bond acceptors (Lipinski definition) is 2. The highest BCUT2D eigenvalue weighted by molar-refractivity contribution is 5.93. The smallest absolute Gasteiger partial charge is 0.131 e. The van der Waals surface area contributed by atoms with E-state index in [1.54, 1.807) is 13.2 Å². The maximum Gasteiger partial charge on any atom is 0.131 e. The summed E-state index contributed by atoms with van der Waals surface area (Å²) in [5.74, 6) is 1.99. The Balaban J connectivity index is 2.56. The number of benzene rings is 1. The fourth-order valence-corrected chi connectivity index (χ4v) is 2.06. The van der Waals surface area contributed by atoms with Gasteiger partial charge in [0.25, 0.3) is 0 Å². The molecule has 1 atom stereocenters. The number of carbonyl (C=O) groups excluding carboxylic acids is 1. The molecule has 18 heavy (non-hydrogen) atoms. The summed E-state index contributed by atoms with van der Waals surface area (Å²) in [4.78, 5) is 11.2. The zero-order valence-electron chi connectivity index (χ0n) is 10.2. The molecule has 0 heterocycles. The number of hydrogen-bond donors (Lipinski definition) is 0. The average Bonchev–Trinajstić information content (AvgIpc) is 2.46. The molecule has 0 bridgehead atoms. The lowest BCUT2D eigenvalue weighted by Gasteiger charge is -2.19. The summed E-state index contributed by atoms with van der Waals surface area (Å²) in [6.45, 7) is 3.79. The average molecular weight is 238 g/mol. The molecule has 0 fully saturated rings. The van der Waals surface area contributed by atoms with Gasteiger partial charge in [-0.25, -0.2) is 4.79 Å². The van der Waals surface area contributed by atoms with E-state index in [0.717, 1.165) is 16.7 Å². The third-order valence-corrected chi connectivity index (χ3v) is 2.96. The van der Waals surface area contributed by atoms with Crippen molar-refractivity contribution in [3.05, 3.63) is 65.8 Å². The van der Waals surface area contributed by atoms with Crippen molar-refractivity contribution in [3.63, 3.8) is 0 Å². The molecule has 2 rings (SSSR count). The second-order valence-electron chi connectivity index (χ2n) is 3.93. The van der Waals surface area contributed by atoms with Crippen LogP contribution < -0.4 is 0 Å². The molecular weight excluding hydrogens is 224 g/mol. The first-order chi connectivity index (χ1) is 8.81. The summed E-state index contributed by atoms with van der Waals surface area (Å²) in [5, 5.41) is 0. The Morgan fingerprint density at radius 1 is 1.39 bits per heavy atom. The summed E-state index contributed by atoms with van der Waals surface area (Å²) >= 11 is 0. The largest absolute Gasteiger partial charge is 0.372 e. The Bertz CT molecular complexity index is 573. The molecule has 0 aromatic heterocycles. The normalized spacial score (nSPS) is 18.2. The van der Waals surface area contributed by atoms with E-state index in [4.69, 9.17) is 4.74 Å². The van der Waals surface area contributed by atoms with E-state index in [9.17, 15) is 4.79 Å². The van der Waals surface area contributed by atoms with Crippen LogP contribution >= 0.6 is 0 Å².